The van der Waals surface area contributed by atoms with E-state index in [4.69, 9.17) is 0 Å². The number of nitrogens with zero attached hydrogens (tertiary/aromatic N) is 1. The van der Waals surface area contributed by atoms with Crippen molar-refractivity contribution < 1.29 is 14.7 Å². The van der Waals surface area contributed by atoms with Gasteiger partial charge < -0.3 is 15.3 Å². The van der Waals surface area contributed by atoms with Crippen LogP contribution in [0.4, 0.5) is 4.79 Å². The average Bonchev–Trinajstić information content (AvgIpc) is 2.39. The Bertz CT molecular complexity index is 329. The molecule has 1 aliphatic rings. The Morgan fingerprint density at radius 3 is 2.53 bits per heavy atom. The quantitative estimate of drug-likeness (QED) is 0.805. The second-order valence-electron chi connectivity index (χ2n) is 5.76. The number of amides is 2. The van der Waals surface area contributed by atoms with Gasteiger partial charge in [0.05, 0.1) is 5.41 Å². The number of carbonyl (C=O) groups excluding carboxylic acids is 1. The Morgan fingerprint density at radius 1 is 1.37 bits per heavy atom. The van der Waals surface area contributed by atoms with Crippen LogP contribution in [0.25, 0.3) is 0 Å². The number of urea groups is 1. The van der Waals surface area contributed by atoms with Crippen molar-refractivity contribution in [1.82, 2.24) is 10.2 Å². The molecule has 0 aromatic heterocycles. The molecule has 0 aromatic rings. The Kier molecular flexibility index (Phi) is 5.63. The van der Waals surface area contributed by atoms with Gasteiger partial charge in [-0.2, -0.15) is 0 Å². The fraction of sp³-hybridized carbons (Fsp3) is 0.857. The lowest BCUT2D eigenvalue weighted by atomic mass is 9.82. The van der Waals surface area contributed by atoms with E-state index in [9.17, 15) is 14.7 Å². The maximum Gasteiger partial charge on any atom is 0.317 e. The maximum absolute atomic E-state index is 12.1. The summed E-state index contributed by atoms with van der Waals surface area (Å²) >= 11 is 0. The molecule has 1 unspecified atom stereocenters. The van der Waals surface area contributed by atoms with Crippen LogP contribution in [0.5, 0.6) is 0 Å². The maximum atomic E-state index is 12.1. The highest BCUT2D eigenvalue weighted by Gasteiger charge is 2.39. The average molecular weight is 270 g/mol. The third kappa shape index (κ3) is 4.11. The highest BCUT2D eigenvalue weighted by molar-refractivity contribution is 5.78. The minimum Gasteiger partial charge on any atom is -0.481 e. The van der Waals surface area contributed by atoms with Gasteiger partial charge in [0, 0.05) is 19.6 Å². The number of piperidine rings is 1. The predicted octanol–water partition coefficient (Wildman–Crippen LogP) is 2.32. The molecule has 0 bridgehead atoms. The molecular formula is C14H26N2O3. The molecule has 5 heteroatoms. The van der Waals surface area contributed by atoms with Crippen LogP contribution in [0.15, 0.2) is 0 Å². The molecule has 110 valence electrons. The van der Waals surface area contributed by atoms with E-state index in [0.717, 1.165) is 19.3 Å². The van der Waals surface area contributed by atoms with Crippen molar-refractivity contribution in [3.05, 3.63) is 0 Å². The standard InChI is InChI=1S/C14H26N2O3/c1-4-11(5-2)9-15-13(19)16-8-6-7-14(3,10-16)12(17)18/h11H,4-10H2,1-3H3,(H,15,19)(H,17,18). The normalized spacial score (nSPS) is 23.5. The molecule has 2 amide bonds. The number of carboxylic acid groups (broad SMARTS) is 1. The van der Waals surface area contributed by atoms with Crippen molar-refractivity contribution in [1.29, 1.82) is 0 Å². The molecule has 1 saturated heterocycles. The van der Waals surface area contributed by atoms with Crippen molar-refractivity contribution in [2.45, 2.75) is 46.5 Å². The number of aliphatic carboxylic acids is 1. The van der Waals surface area contributed by atoms with Crippen molar-refractivity contribution in [3.63, 3.8) is 0 Å². The van der Waals surface area contributed by atoms with Gasteiger partial charge in [-0.3, -0.25) is 4.79 Å². The zero-order valence-electron chi connectivity index (χ0n) is 12.2. The molecule has 1 rings (SSSR count). The van der Waals surface area contributed by atoms with Crippen LogP contribution in [-0.2, 0) is 4.79 Å². The highest BCUT2D eigenvalue weighted by Crippen LogP contribution is 2.29. The molecule has 1 fully saturated rings. The largest absolute Gasteiger partial charge is 0.481 e. The molecule has 0 spiro atoms. The van der Waals surface area contributed by atoms with Crippen LogP contribution >= 0.6 is 0 Å². The van der Waals surface area contributed by atoms with Crippen LogP contribution in [-0.4, -0.2) is 41.6 Å². The molecule has 19 heavy (non-hydrogen) atoms. The Labute approximate surface area is 115 Å². The van der Waals surface area contributed by atoms with E-state index >= 15 is 0 Å². The number of hydrogen-bond donors (Lipinski definition) is 2. The van der Waals surface area contributed by atoms with E-state index in [1.54, 1.807) is 11.8 Å². The van der Waals surface area contributed by atoms with E-state index in [2.05, 4.69) is 19.2 Å². The molecule has 1 aliphatic heterocycles. The SMILES string of the molecule is CCC(CC)CNC(=O)N1CCCC(C)(C(=O)O)C1. The lowest BCUT2D eigenvalue weighted by molar-refractivity contribution is -0.150. The minimum absolute atomic E-state index is 0.126. The fourth-order valence-corrected chi connectivity index (χ4v) is 2.51. The molecule has 1 heterocycles. The number of likely N-dealkylation sites (tertiary alicyclic amines) is 1. The van der Waals surface area contributed by atoms with E-state index in [0.29, 0.717) is 32.0 Å². The van der Waals surface area contributed by atoms with Gasteiger partial charge in [0.15, 0.2) is 0 Å². The van der Waals surface area contributed by atoms with Crippen molar-refractivity contribution >= 4 is 12.0 Å². The van der Waals surface area contributed by atoms with Gasteiger partial charge in [0.2, 0.25) is 0 Å². The third-order valence-electron chi connectivity index (χ3n) is 4.20. The monoisotopic (exact) mass is 270 g/mol. The molecule has 5 nitrogen and oxygen atoms in total. The number of nitrogens with one attached hydrogen (secondary N) is 1. The van der Waals surface area contributed by atoms with Crippen molar-refractivity contribution in [2.24, 2.45) is 11.3 Å². The first-order chi connectivity index (χ1) is 8.92. The molecule has 2 N–H and O–H groups in total. The van der Waals surface area contributed by atoms with Crippen LogP contribution in [0.1, 0.15) is 46.5 Å². The van der Waals surface area contributed by atoms with Crippen LogP contribution in [0.2, 0.25) is 0 Å². The van der Waals surface area contributed by atoms with Gasteiger partial charge in [0.25, 0.3) is 0 Å². The zero-order chi connectivity index (χ0) is 14.5. The summed E-state index contributed by atoms with van der Waals surface area (Å²) in [5.41, 5.74) is -0.801. The minimum atomic E-state index is -0.815. The highest BCUT2D eigenvalue weighted by atomic mass is 16.4. The summed E-state index contributed by atoms with van der Waals surface area (Å²) in [6.07, 6.45) is 3.48. The van der Waals surface area contributed by atoms with E-state index < -0.39 is 11.4 Å². The number of carbonyl (C=O) groups is 2. The Balaban J connectivity index is 2.51. The van der Waals surface area contributed by atoms with Gasteiger partial charge in [-0.05, 0) is 25.7 Å². The topological polar surface area (TPSA) is 69.6 Å². The summed E-state index contributed by atoms with van der Waals surface area (Å²) in [6, 6.07) is -0.126. The van der Waals surface area contributed by atoms with Crippen LogP contribution in [0, 0.1) is 11.3 Å². The lowest BCUT2D eigenvalue weighted by Gasteiger charge is -2.37. The molecule has 0 saturated carbocycles. The van der Waals surface area contributed by atoms with E-state index in [1.165, 1.54) is 0 Å². The van der Waals surface area contributed by atoms with Gasteiger partial charge in [-0.15, -0.1) is 0 Å². The fourth-order valence-electron chi connectivity index (χ4n) is 2.51. The summed E-state index contributed by atoms with van der Waals surface area (Å²) < 4.78 is 0. The predicted molar refractivity (Wildman–Crippen MR) is 74.0 cm³/mol. The van der Waals surface area contributed by atoms with Crippen LogP contribution in [0.3, 0.4) is 0 Å². The summed E-state index contributed by atoms with van der Waals surface area (Å²) in [5, 5.41) is 12.2. The van der Waals surface area contributed by atoms with Gasteiger partial charge >= 0.3 is 12.0 Å². The zero-order valence-corrected chi connectivity index (χ0v) is 12.2. The third-order valence-corrected chi connectivity index (χ3v) is 4.20. The first-order valence-corrected chi connectivity index (χ1v) is 7.19. The second kappa shape index (κ2) is 6.78. The van der Waals surface area contributed by atoms with Crippen molar-refractivity contribution in [2.75, 3.05) is 19.6 Å². The summed E-state index contributed by atoms with van der Waals surface area (Å²) in [6.45, 7) is 7.57. The Morgan fingerprint density at radius 2 is 2.00 bits per heavy atom. The molecular weight excluding hydrogens is 244 g/mol. The first-order valence-electron chi connectivity index (χ1n) is 7.19. The summed E-state index contributed by atoms with van der Waals surface area (Å²) in [7, 11) is 0. The first kappa shape index (κ1) is 15.8. The molecule has 0 aliphatic carbocycles. The molecule has 1 atom stereocenters. The number of hydrogen-bond acceptors (Lipinski definition) is 2. The number of rotatable bonds is 5. The second-order valence-corrected chi connectivity index (χ2v) is 5.76. The summed E-state index contributed by atoms with van der Waals surface area (Å²) in [4.78, 5) is 25.0. The number of carboxylic acids is 1. The van der Waals surface area contributed by atoms with Crippen LogP contribution < -0.4 is 5.32 Å². The van der Waals surface area contributed by atoms with E-state index in [-0.39, 0.29) is 6.03 Å². The smallest absolute Gasteiger partial charge is 0.317 e. The van der Waals surface area contributed by atoms with Crippen molar-refractivity contribution in [3.8, 4) is 0 Å². The van der Waals surface area contributed by atoms with E-state index in [1.807, 2.05) is 0 Å². The summed E-state index contributed by atoms with van der Waals surface area (Å²) in [5.74, 6) is -0.315. The van der Waals surface area contributed by atoms with Gasteiger partial charge in [-0.25, -0.2) is 4.79 Å². The lowest BCUT2D eigenvalue weighted by Crippen LogP contribution is -2.52. The van der Waals surface area contributed by atoms with Gasteiger partial charge in [-0.1, -0.05) is 26.7 Å². The Hall–Kier alpha value is -1.26. The molecule has 0 radical (unpaired) electrons. The van der Waals surface area contributed by atoms with Gasteiger partial charge in [0.1, 0.15) is 0 Å². The molecule has 0 aromatic carbocycles.